The molecule has 0 amide bonds. The third-order valence-corrected chi connectivity index (χ3v) is 6.48. The van der Waals surface area contributed by atoms with E-state index >= 15 is 0 Å². The number of allylic oxidation sites excluding steroid dienone is 2. The van der Waals surface area contributed by atoms with Crippen molar-refractivity contribution < 1.29 is 14.3 Å². The van der Waals surface area contributed by atoms with Gasteiger partial charge in [-0.05, 0) is 69.5 Å². The number of rotatable bonds is 17. The Bertz CT molecular complexity index is 898. The van der Waals surface area contributed by atoms with Gasteiger partial charge in [0.25, 0.3) is 0 Å². The van der Waals surface area contributed by atoms with Crippen LogP contribution in [0.15, 0.2) is 53.3 Å². The number of hydrogen-bond donors (Lipinski definition) is 2. The SMILES string of the molecule is CCOC(=O)CCCCCCCCCCCC1=NC(=CC2(OCC)C=C(c3ccc[nH]3)NC2)C=C1. The van der Waals surface area contributed by atoms with E-state index in [-0.39, 0.29) is 5.97 Å². The number of aromatic amines is 1. The third kappa shape index (κ3) is 9.17. The molecule has 1 aromatic heterocycles. The normalized spacial score (nSPS) is 20.2. The maximum atomic E-state index is 11.3. The van der Waals surface area contributed by atoms with Crippen molar-refractivity contribution in [2.24, 2.45) is 4.99 Å². The molecule has 192 valence electrons. The summed E-state index contributed by atoms with van der Waals surface area (Å²) in [5.41, 5.74) is 3.84. The summed E-state index contributed by atoms with van der Waals surface area (Å²) in [5, 5.41) is 3.47. The monoisotopic (exact) mass is 481 g/mol. The molecule has 1 aromatic rings. The van der Waals surface area contributed by atoms with E-state index in [2.05, 4.69) is 40.7 Å². The van der Waals surface area contributed by atoms with Crippen molar-refractivity contribution in [2.45, 2.75) is 90.1 Å². The predicted molar refractivity (Wildman–Crippen MR) is 143 cm³/mol. The van der Waals surface area contributed by atoms with Crippen molar-refractivity contribution in [1.29, 1.82) is 0 Å². The van der Waals surface area contributed by atoms with E-state index in [1.807, 2.05) is 26.1 Å². The van der Waals surface area contributed by atoms with Crippen LogP contribution in [0, 0.1) is 0 Å². The van der Waals surface area contributed by atoms with Gasteiger partial charge >= 0.3 is 5.97 Å². The molecule has 6 heteroatoms. The molecule has 0 spiro atoms. The van der Waals surface area contributed by atoms with Gasteiger partial charge in [0.1, 0.15) is 5.60 Å². The number of esters is 1. The Hall–Kier alpha value is -2.60. The Balaban J connectivity index is 1.31. The lowest BCUT2D eigenvalue weighted by atomic mass is 10.0. The molecule has 35 heavy (non-hydrogen) atoms. The molecule has 1 atom stereocenters. The molecule has 0 aromatic carbocycles. The standard InChI is InChI=1S/C29H43N3O3/c1-3-34-28(33)17-13-11-9-7-5-6-8-10-12-15-24-18-19-25(32-24)21-29(35-4-2)22-27(31-23-29)26-16-14-20-30-26/h14,16,18-22,30-31H,3-13,15,17,23H2,1-2H3. The van der Waals surface area contributed by atoms with Crippen LogP contribution in [-0.2, 0) is 14.3 Å². The fraction of sp³-hybridized carbons (Fsp3) is 0.586. The number of aliphatic imine (C=N–C) groups is 1. The van der Waals surface area contributed by atoms with Gasteiger partial charge in [-0.15, -0.1) is 0 Å². The lowest BCUT2D eigenvalue weighted by Crippen LogP contribution is -2.33. The van der Waals surface area contributed by atoms with Gasteiger partial charge in [0, 0.05) is 24.9 Å². The van der Waals surface area contributed by atoms with Crippen LogP contribution in [0.3, 0.4) is 0 Å². The lowest BCUT2D eigenvalue weighted by Gasteiger charge is -2.22. The molecule has 2 N–H and O–H groups in total. The second kappa shape index (κ2) is 14.7. The van der Waals surface area contributed by atoms with E-state index in [0.717, 1.165) is 36.4 Å². The number of hydrogen-bond acceptors (Lipinski definition) is 5. The lowest BCUT2D eigenvalue weighted by molar-refractivity contribution is -0.143. The van der Waals surface area contributed by atoms with Crippen LogP contribution in [-0.4, -0.2) is 42.0 Å². The van der Waals surface area contributed by atoms with E-state index in [9.17, 15) is 4.79 Å². The summed E-state index contributed by atoms with van der Waals surface area (Å²) in [6.45, 7) is 5.73. The van der Waals surface area contributed by atoms with Gasteiger partial charge in [-0.3, -0.25) is 9.79 Å². The maximum Gasteiger partial charge on any atom is 0.305 e. The second-order valence-corrected chi connectivity index (χ2v) is 9.38. The minimum Gasteiger partial charge on any atom is -0.466 e. The first kappa shape index (κ1) is 27.0. The van der Waals surface area contributed by atoms with Crippen molar-refractivity contribution in [3.8, 4) is 0 Å². The van der Waals surface area contributed by atoms with E-state index in [4.69, 9.17) is 14.5 Å². The molecule has 3 rings (SSSR count). The fourth-order valence-corrected chi connectivity index (χ4v) is 4.68. The highest BCUT2D eigenvalue weighted by atomic mass is 16.5. The topological polar surface area (TPSA) is 75.7 Å². The number of carbonyl (C=O) groups excluding carboxylic acids is 1. The molecule has 2 aliphatic heterocycles. The van der Waals surface area contributed by atoms with E-state index in [1.54, 1.807) is 0 Å². The fourth-order valence-electron chi connectivity index (χ4n) is 4.68. The number of unbranched alkanes of at least 4 members (excludes halogenated alkanes) is 8. The Morgan fingerprint density at radius 2 is 1.77 bits per heavy atom. The van der Waals surface area contributed by atoms with Gasteiger partial charge in [-0.25, -0.2) is 0 Å². The van der Waals surface area contributed by atoms with Crippen molar-refractivity contribution in [3.05, 3.63) is 54.0 Å². The predicted octanol–water partition coefficient (Wildman–Crippen LogP) is 6.48. The van der Waals surface area contributed by atoms with Crippen LogP contribution < -0.4 is 5.32 Å². The zero-order chi connectivity index (χ0) is 24.8. The van der Waals surface area contributed by atoms with E-state index < -0.39 is 5.60 Å². The van der Waals surface area contributed by atoms with Gasteiger partial charge in [0.05, 0.1) is 30.2 Å². The minimum absolute atomic E-state index is 0.0559. The van der Waals surface area contributed by atoms with Crippen molar-refractivity contribution in [1.82, 2.24) is 10.3 Å². The van der Waals surface area contributed by atoms with E-state index in [0.29, 0.717) is 26.2 Å². The third-order valence-electron chi connectivity index (χ3n) is 6.48. The number of ether oxygens (including phenoxy) is 2. The molecule has 0 saturated carbocycles. The Labute approximate surface area is 211 Å². The van der Waals surface area contributed by atoms with Gasteiger partial charge < -0.3 is 19.8 Å². The first-order valence-corrected chi connectivity index (χ1v) is 13.5. The summed E-state index contributed by atoms with van der Waals surface area (Å²) in [5.74, 6) is -0.0559. The zero-order valence-electron chi connectivity index (χ0n) is 21.6. The molecule has 2 aliphatic rings. The van der Waals surface area contributed by atoms with Gasteiger partial charge in [0.2, 0.25) is 0 Å². The molecule has 6 nitrogen and oxygen atoms in total. The average Bonchev–Trinajstić information content (AvgIpc) is 3.60. The molecule has 0 radical (unpaired) electrons. The van der Waals surface area contributed by atoms with E-state index in [1.165, 1.54) is 50.7 Å². The number of H-pyrrole nitrogens is 1. The van der Waals surface area contributed by atoms with Crippen molar-refractivity contribution in [2.75, 3.05) is 19.8 Å². The first-order chi connectivity index (χ1) is 17.1. The summed E-state index contributed by atoms with van der Waals surface area (Å²) in [7, 11) is 0. The Morgan fingerprint density at radius 3 is 2.46 bits per heavy atom. The summed E-state index contributed by atoms with van der Waals surface area (Å²) < 4.78 is 11.1. The number of nitrogens with one attached hydrogen (secondary N) is 2. The van der Waals surface area contributed by atoms with Gasteiger partial charge in [0.15, 0.2) is 0 Å². The summed E-state index contributed by atoms with van der Waals surface area (Å²) in [4.78, 5) is 19.4. The highest BCUT2D eigenvalue weighted by Gasteiger charge is 2.33. The number of carbonyl (C=O) groups is 1. The summed E-state index contributed by atoms with van der Waals surface area (Å²) >= 11 is 0. The largest absolute Gasteiger partial charge is 0.466 e. The summed E-state index contributed by atoms with van der Waals surface area (Å²) in [6.07, 6.45) is 23.0. The number of nitrogens with zero attached hydrogens (tertiary/aromatic N) is 1. The van der Waals surface area contributed by atoms with Crippen molar-refractivity contribution in [3.63, 3.8) is 0 Å². The Morgan fingerprint density at radius 1 is 1.03 bits per heavy atom. The molecular formula is C29H43N3O3. The molecular weight excluding hydrogens is 438 g/mol. The number of aromatic nitrogens is 1. The molecule has 0 aliphatic carbocycles. The minimum atomic E-state index is -0.466. The average molecular weight is 482 g/mol. The smallest absolute Gasteiger partial charge is 0.305 e. The van der Waals surface area contributed by atoms with Crippen molar-refractivity contribution >= 4 is 17.4 Å². The maximum absolute atomic E-state index is 11.3. The molecule has 0 bridgehead atoms. The highest BCUT2D eigenvalue weighted by molar-refractivity contribution is 5.98. The molecule has 0 saturated heterocycles. The Kier molecular flexibility index (Phi) is 11.4. The van der Waals surface area contributed by atoms with Crippen LogP contribution in [0.25, 0.3) is 5.70 Å². The van der Waals surface area contributed by atoms with Crippen LogP contribution >= 0.6 is 0 Å². The van der Waals surface area contributed by atoms with Gasteiger partial charge in [-0.2, -0.15) is 0 Å². The first-order valence-electron chi connectivity index (χ1n) is 13.5. The van der Waals surface area contributed by atoms with Crippen LogP contribution in [0.4, 0.5) is 0 Å². The summed E-state index contributed by atoms with van der Waals surface area (Å²) in [6, 6.07) is 4.07. The quantitative estimate of drug-likeness (QED) is 0.197. The molecule has 1 unspecified atom stereocenters. The zero-order valence-corrected chi connectivity index (χ0v) is 21.6. The highest BCUT2D eigenvalue weighted by Crippen LogP contribution is 2.29. The van der Waals surface area contributed by atoms with Crippen LogP contribution in [0.5, 0.6) is 0 Å². The van der Waals surface area contributed by atoms with Gasteiger partial charge in [-0.1, -0.05) is 44.9 Å². The molecule has 3 heterocycles. The second-order valence-electron chi connectivity index (χ2n) is 9.38. The van der Waals surface area contributed by atoms with Crippen LogP contribution in [0.1, 0.15) is 90.2 Å². The molecule has 0 fully saturated rings. The van der Waals surface area contributed by atoms with Crippen LogP contribution in [0.2, 0.25) is 0 Å².